The number of hydrogen-bond acceptors (Lipinski definition) is 6. The molecule has 1 saturated heterocycles. The topological polar surface area (TPSA) is 47.0 Å². The minimum absolute atomic E-state index is 1.14. The van der Waals surface area contributed by atoms with E-state index in [4.69, 9.17) is 8.76 Å². The smallest absolute Gasteiger partial charge is 0.0529 e. The van der Waals surface area contributed by atoms with Crippen LogP contribution >= 0.6 is 0 Å². The molecule has 0 unspecified atom stereocenters. The third-order valence-corrected chi connectivity index (χ3v) is 4.44. The monoisotopic (exact) mass is 430 g/mol. The van der Waals surface area contributed by atoms with E-state index in [1.54, 1.807) is 0 Å². The Morgan fingerprint density at radius 1 is 0.750 bits per heavy atom. The summed E-state index contributed by atoms with van der Waals surface area (Å²) in [7, 11) is -2.03. The molecule has 0 radical (unpaired) electrons. The first kappa shape index (κ1) is 27.4. The largest absolute Gasteiger partial charge is 0.459 e. The highest BCUT2D eigenvalue weighted by Crippen LogP contribution is 2.11. The van der Waals surface area contributed by atoms with Crippen LogP contribution in [0.1, 0.15) is 59.3 Å². The summed E-state index contributed by atoms with van der Waals surface area (Å²) in [5.74, 6) is 0. The van der Waals surface area contributed by atoms with Crippen molar-refractivity contribution in [2.75, 3.05) is 39.6 Å². The van der Waals surface area contributed by atoms with Crippen molar-refractivity contribution in [3.63, 3.8) is 0 Å². The van der Waals surface area contributed by atoms with Gasteiger partial charge in [0.25, 0.3) is 0 Å². The summed E-state index contributed by atoms with van der Waals surface area (Å²) in [6.45, 7) is 13.4. The van der Waals surface area contributed by atoms with Crippen LogP contribution in [0.15, 0.2) is 36.5 Å². The molecule has 0 saturated carbocycles. The predicted molar refractivity (Wildman–Crippen MR) is 125 cm³/mol. The Morgan fingerprint density at radius 3 is 1.21 bits per heavy atom. The summed E-state index contributed by atoms with van der Waals surface area (Å²) in [5, 5.41) is 0. The van der Waals surface area contributed by atoms with Crippen LogP contribution in [0, 0.1) is 0 Å². The molecule has 1 rings (SSSR count). The lowest BCUT2D eigenvalue weighted by Crippen LogP contribution is -2.55. The average molecular weight is 431 g/mol. The van der Waals surface area contributed by atoms with Gasteiger partial charge in [0.15, 0.2) is 0 Å². The van der Waals surface area contributed by atoms with Gasteiger partial charge in [0.2, 0.25) is 0 Å². The van der Waals surface area contributed by atoms with Gasteiger partial charge in [-0.3, -0.25) is 14.7 Å². The predicted octanol–water partition coefficient (Wildman–Crippen LogP) is 4.73. The zero-order chi connectivity index (χ0) is 21.0. The number of allylic oxidation sites excluding steroid dienone is 6. The van der Waals surface area contributed by atoms with Gasteiger partial charge in [-0.25, -0.2) is 11.2 Å². The van der Waals surface area contributed by atoms with Gasteiger partial charge in [0, 0.05) is 19.6 Å². The molecule has 1 aliphatic rings. The highest BCUT2D eigenvalue weighted by Gasteiger charge is 2.22. The Hall–Kier alpha value is -0.570. The van der Waals surface area contributed by atoms with Crippen LogP contribution in [-0.2, 0) is 25.0 Å². The van der Waals surface area contributed by atoms with Crippen LogP contribution < -0.4 is 0 Å². The lowest BCUT2D eigenvalue weighted by molar-refractivity contribution is -0.0301. The van der Waals surface area contributed by atoms with Crippen molar-refractivity contribution in [2.24, 2.45) is 0 Å². The van der Waals surface area contributed by atoms with Crippen LogP contribution in [0.5, 0.6) is 0 Å². The molecule has 0 spiro atoms. The first-order chi connectivity index (χ1) is 13.5. The van der Waals surface area contributed by atoms with E-state index >= 15 is 0 Å². The van der Waals surface area contributed by atoms with Gasteiger partial charge in [0.05, 0.1) is 20.0 Å². The lowest BCUT2D eigenvalue weighted by Gasteiger charge is -2.42. The molecule has 0 aliphatic carbocycles. The maximum atomic E-state index is 8.93. The molecular formula is C21H40N3O2S2-. The Bertz CT molecular complexity index is 449. The SMILES string of the molecule is CC=CCCCN1CN(CCCC=CC)CN(CCCC=CC)C1.O=[S-](O)=S. The van der Waals surface area contributed by atoms with Gasteiger partial charge in [0.1, 0.15) is 0 Å². The maximum Gasteiger partial charge on any atom is 0.0529 e. The van der Waals surface area contributed by atoms with E-state index in [1.165, 1.54) is 58.2 Å². The molecule has 164 valence electrons. The van der Waals surface area contributed by atoms with E-state index in [-0.39, 0.29) is 0 Å². The van der Waals surface area contributed by atoms with Crippen molar-refractivity contribution in [1.82, 2.24) is 14.7 Å². The third-order valence-electron chi connectivity index (χ3n) is 4.44. The third kappa shape index (κ3) is 17.5. The first-order valence-electron chi connectivity index (χ1n) is 10.3. The van der Waals surface area contributed by atoms with Crippen LogP contribution in [0.4, 0.5) is 0 Å². The van der Waals surface area contributed by atoms with Crippen molar-refractivity contribution in [3.05, 3.63) is 36.5 Å². The van der Waals surface area contributed by atoms with E-state index in [1.807, 2.05) is 0 Å². The highest BCUT2D eigenvalue weighted by atomic mass is 32.8. The molecule has 0 aromatic heterocycles. The minimum Gasteiger partial charge on any atom is -0.459 e. The van der Waals surface area contributed by atoms with Crippen LogP contribution in [0.2, 0.25) is 0 Å². The molecular weight excluding hydrogens is 390 g/mol. The quantitative estimate of drug-likeness (QED) is 0.209. The van der Waals surface area contributed by atoms with Crippen molar-refractivity contribution in [2.45, 2.75) is 59.3 Å². The van der Waals surface area contributed by atoms with E-state index in [9.17, 15) is 0 Å². The molecule has 0 aromatic rings. The van der Waals surface area contributed by atoms with Crippen LogP contribution in [0.25, 0.3) is 0 Å². The molecule has 28 heavy (non-hydrogen) atoms. The van der Waals surface area contributed by atoms with E-state index in [2.05, 4.69) is 83.1 Å². The molecule has 1 aliphatic heterocycles. The Kier molecular flexibility index (Phi) is 19.3. The van der Waals surface area contributed by atoms with Gasteiger partial charge in [-0.15, -0.1) is 0 Å². The van der Waals surface area contributed by atoms with Gasteiger partial charge < -0.3 is 8.76 Å². The van der Waals surface area contributed by atoms with Gasteiger partial charge in [-0.05, 0) is 59.3 Å². The van der Waals surface area contributed by atoms with Crippen molar-refractivity contribution < 1.29 is 8.76 Å². The molecule has 1 heterocycles. The Balaban J connectivity index is 0.00000165. The zero-order valence-electron chi connectivity index (χ0n) is 18.0. The second-order valence-electron chi connectivity index (χ2n) is 6.96. The summed E-state index contributed by atoms with van der Waals surface area (Å²) >= 11 is 3.65. The standard InChI is InChI=1S/C21H39N3.HO2S2/c1-4-7-10-13-16-22-19-23(17-14-11-8-5-2)21-24(20-22)18-15-12-9-6-3;1-4(2)3/h4-9H,10-21H2,1-3H3;(H,1,2,3)/q;-1. The molecule has 1 fully saturated rings. The number of hydrogen-bond donors (Lipinski definition) is 1. The number of unbranched alkanes of at least 4 members (excludes halogenated alkanes) is 3. The Labute approximate surface area is 179 Å². The Morgan fingerprint density at radius 2 is 1.00 bits per heavy atom. The summed E-state index contributed by atoms with van der Waals surface area (Å²) in [6.07, 6.45) is 20.8. The fraction of sp³-hybridized carbons (Fsp3) is 0.714. The fourth-order valence-electron chi connectivity index (χ4n) is 3.21. The molecule has 7 heteroatoms. The lowest BCUT2D eigenvalue weighted by atomic mass is 10.2. The molecule has 5 nitrogen and oxygen atoms in total. The second kappa shape index (κ2) is 19.7. The van der Waals surface area contributed by atoms with E-state index < -0.39 is 9.64 Å². The second-order valence-corrected chi connectivity index (χ2v) is 8.25. The number of rotatable bonds is 12. The molecule has 0 amide bonds. The fourth-order valence-corrected chi connectivity index (χ4v) is 3.21. The van der Waals surface area contributed by atoms with E-state index in [0.717, 1.165) is 20.0 Å². The zero-order valence-corrected chi connectivity index (χ0v) is 19.6. The van der Waals surface area contributed by atoms with Crippen molar-refractivity contribution in [3.8, 4) is 0 Å². The number of nitrogens with zero attached hydrogens (tertiary/aromatic N) is 3. The van der Waals surface area contributed by atoms with Crippen LogP contribution in [0.3, 0.4) is 0 Å². The van der Waals surface area contributed by atoms with Crippen LogP contribution in [-0.4, -0.2) is 58.9 Å². The van der Waals surface area contributed by atoms with E-state index in [0.29, 0.717) is 0 Å². The highest BCUT2D eigenvalue weighted by molar-refractivity contribution is 8.18. The summed E-state index contributed by atoms with van der Waals surface area (Å²) in [5.41, 5.74) is 0. The maximum absolute atomic E-state index is 8.93. The van der Waals surface area contributed by atoms with Gasteiger partial charge in [-0.1, -0.05) is 46.1 Å². The molecule has 1 N–H and O–H groups in total. The average Bonchev–Trinajstić information content (AvgIpc) is 2.65. The normalized spacial score (nSPS) is 17.2. The van der Waals surface area contributed by atoms with Gasteiger partial charge >= 0.3 is 0 Å². The summed E-state index contributed by atoms with van der Waals surface area (Å²) in [4.78, 5) is 7.87. The minimum atomic E-state index is -2.03. The van der Waals surface area contributed by atoms with Gasteiger partial charge in [-0.2, -0.15) is 0 Å². The summed E-state index contributed by atoms with van der Waals surface area (Å²) in [6, 6.07) is 0. The summed E-state index contributed by atoms with van der Waals surface area (Å²) < 4.78 is 16.3. The molecule has 0 bridgehead atoms. The van der Waals surface area contributed by atoms with Crippen molar-refractivity contribution in [1.29, 1.82) is 0 Å². The molecule has 0 aromatic carbocycles. The van der Waals surface area contributed by atoms with Crippen molar-refractivity contribution >= 4 is 20.8 Å². The molecule has 0 atom stereocenters. The first-order valence-corrected chi connectivity index (χ1v) is 12.4.